The predicted molar refractivity (Wildman–Crippen MR) is 35.9 cm³/mol. The summed E-state index contributed by atoms with van der Waals surface area (Å²) in [6.45, 7) is 0. The van der Waals surface area contributed by atoms with E-state index in [9.17, 15) is 0 Å². The van der Waals surface area contributed by atoms with E-state index >= 15 is 0 Å². The van der Waals surface area contributed by atoms with Gasteiger partial charge >= 0.3 is 27.5 Å². The molecular formula is C6H7BiO2. The number of aromatic hydroxyl groups is 1. The average molecular weight is 320 g/mol. The standard InChI is InChI=1S/C6H6O.Bi.O.H/c7-6-4-2-1-3-5-6;;;/h1-5,7H;;;. The van der Waals surface area contributed by atoms with Crippen molar-refractivity contribution in [3.05, 3.63) is 30.3 Å². The van der Waals surface area contributed by atoms with E-state index in [4.69, 9.17) is 7.92 Å². The van der Waals surface area contributed by atoms with Crippen LogP contribution in [0, 0.1) is 0 Å². The second-order valence-corrected chi connectivity index (χ2v) is 1.34. The molecule has 0 aliphatic carbocycles. The van der Waals surface area contributed by atoms with Gasteiger partial charge in [0.15, 0.2) is 0 Å². The normalized spacial score (nSPS) is 7.11. The molecule has 2 nitrogen and oxygen atoms in total. The molecule has 0 aliphatic rings. The molecule has 0 amide bonds. The molecule has 1 rings (SSSR count). The van der Waals surface area contributed by atoms with Crippen LogP contribution in [0.25, 0.3) is 0 Å². The van der Waals surface area contributed by atoms with E-state index in [1.54, 1.807) is 24.3 Å². The Morgan fingerprint density at radius 1 is 1.11 bits per heavy atom. The molecule has 0 spiro atoms. The summed E-state index contributed by atoms with van der Waals surface area (Å²) in [7, 11) is 0. The summed E-state index contributed by atoms with van der Waals surface area (Å²) in [6, 6.07) is 8.71. The van der Waals surface area contributed by atoms with Gasteiger partial charge in [0.25, 0.3) is 0 Å². The molecule has 9 heavy (non-hydrogen) atoms. The maximum absolute atomic E-state index is 8.63. The third-order valence-electron chi connectivity index (χ3n) is 0.756. The van der Waals surface area contributed by atoms with Crippen molar-refractivity contribution in [2.45, 2.75) is 0 Å². The molecule has 3 heteroatoms. The zero-order valence-electron chi connectivity index (χ0n) is 4.74. The molecule has 0 bridgehead atoms. The Morgan fingerprint density at radius 2 is 1.56 bits per heavy atom. The number of benzene rings is 1. The molecule has 1 N–H and O–H groups in total. The summed E-state index contributed by atoms with van der Waals surface area (Å²) in [5.74, 6) is 0.322. The van der Waals surface area contributed by atoms with Crippen LogP contribution in [0.4, 0.5) is 0 Å². The molecule has 0 heterocycles. The van der Waals surface area contributed by atoms with Crippen LogP contribution in [0.1, 0.15) is 0 Å². The van der Waals surface area contributed by atoms with Crippen molar-refractivity contribution < 1.29 is 7.92 Å². The van der Waals surface area contributed by atoms with Gasteiger partial charge in [0.05, 0.1) is 0 Å². The Kier molecular flexibility index (Phi) is 5.64. The zero-order chi connectivity index (χ0) is 7.11. The van der Waals surface area contributed by atoms with E-state index in [0.717, 1.165) is 0 Å². The SMILES string of the molecule is Oc1ccccc1.[O]=[BiH]. The molecule has 0 aromatic heterocycles. The number of phenolic OH excluding ortho intramolecular Hbond substituents is 1. The van der Waals surface area contributed by atoms with Gasteiger partial charge in [-0.2, -0.15) is 0 Å². The molecular weight excluding hydrogens is 313 g/mol. The number of hydrogen-bond acceptors (Lipinski definition) is 2. The van der Waals surface area contributed by atoms with E-state index in [1.807, 2.05) is 6.07 Å². The molecule has 0 radical (unpaired) electrons. The van der Waals surface area contributed by atoms with Gasteiger partial charge in [0, 0.05) is 0 Å². The minimum atomic E-state index is 0.0556. The van der Waals surface area contributed by atoms with Gasteiger partial charge in [-0.3, -0.25) is 0 Å². The van der Waals surface area contributed by atoms with Crippen LogP contribution in [0.2, 0.25) is 0 Å². The van der Waals surface area contributed by atoms with E-state index in [1.165, 1.54) is 0 Å². The van der Waals surface area contributed by atoms with Crippen LogP contribution in [-0.4, -0.2) is 29.8 Å². The first-order valence-electron chi connectivity index (χ1n) is 2.34. The Labute approximate surface area is 68.8 Å². The quantitative estimate of drug-likeness (QED) is 0.712. The van der Waals surface area contributed by atoms with Crippen LogP contribution in [0.5, 0.6) is 5.75 Å². The van der Waals surface area contributed by atoms with Gasteiger partial charge in [0.1, 0.15) is 5.75 Å². The second-order valence-electron chi connectivity index (χ2n) is 1.34. The van der Waals surface area contributed by atoms with E-state index in [2.05, 4.69) is 0 Å². The molecule has 1 aromatic carbocycles. The number of para-hydroxylation sites is 1. The Balaban J connectivity index is 0.000000291. The first-order valence-corrected chi connectivity index (χ1v) is 3.93. The number of hydrogen-bond donors (Lipinski definition) is 1. The summed E-state index contributed by atoms with van der Waals surface area (Å²) in [4.78, 5) is 0. The van der Waals surface area contributed by atoms with Gasteiger partial charge in [-0.25, -0.2) is 0 Å². The van der Waals surface area contributed by atoms with Crippen molar-refractivity contribution >= 4 is 24.7 Å². The molecule has 0 unspecified atom stereocenters. The summed E-state index contributed by atoms with van der Waals surface area (Å²) < 4.78 is 8.39. The fourth-order valence-corrected chi connectivity index (χ4v) is 0.428. The van der Waals surface area contributed by atoms with E-state index in [-0.39, 0.29) is 24.7 Å². The van der Waals surface area contributed by atoms with E-state index in [0.29, 0.717) is 5.75 Å². The monoisotopic (exact) mass is 320 g/mol. The third kappa shape index (κ3) is 4.22. The summed E-state index contributed by atoms with van der Waals surface area (Å²) in [6.07, 6.45) is 0. The first kappa shape index (κ1) is 8.70. The molecule has 0 aliphatic heterocycles. The van der Waals surface area contributed by atoms with Crippen molar-refractivity contribution in [3.8, 4) is 5.75 Å². The first-order chi connectivity index (χ1) is 4.39. The molecule has 0 atom stereocenters. The van der Waals surface area contributed by atoms with Gasteiger partial charge in [0.2, 0.25) is 0 Å². The van der Waals surface area contributed by atoms with Gasteiger partial charge in [-0.15, -0.1) is 0 Å². The molecule has 0 saturated heterocycles. The third-order valence-corrected chi connectivity index (χ3v) is 0.756. The van der Waals surface area contributed by atoms with Gasteiger partial charge in [-0.1, -0.05) is 18.2 Å². The number of rotatable bonds is 0. The van der Waals surface area contributed by atoms with Gasteiger partial charge < -0.3 is 5.11 Å². The summed E-state index contributed by atoms with van der Waals surface area (Å²) in [5, 5.41) is 8.63. The maximum atomic E-state index is 8.63. The van der Waals surface area contributed by atoms with Crippen LogP contribution in [0.15, 0.2) is 30.3 Å². The Bertz CT molecular complexity index is 152. The van der Waals surface area contributed by atoms with Crippen LogP contribution in [0.3, 0.4) is 0 Å². The summed E-state index contributed by atoms with van der Waals surface area (Å²) >= 11 is 0.0556. The van der Waals surface area contributed by atoms with Crippen molar-refractivity contribution in [2.24, 2.45) is 0 Å². The minimum absolute atomic E-state index is 0.0556. The Hall–Kier alpha value is -0.297. The molecule has 0 saturated carbocycles. The van der Waals surface area contributed by atoms with Gasteiger partial charge in [-0.05, 0) is 12.1 Å². The van der Waals surface area contributed by atoms with Crippen LogP contribution in [-0.2, 0) is 2.81 Å². The summed E-state index contributed by atoms with van der Waals surface area (Å²) in [5.41, 5.74) is 0. The fourth-order valence-electron chi connectivity index (χ4n) is 0.428. The predicted octanol–water partition coefficient (Wildman–Crippen LogP) is 0.625. The van der Waals surface area contributed by atoms with E-state index < -0.39 is 0 Å². The number of phenols is 1. The topological polar surface area (TPSA) is 37.3 Å². The molecule has 0 fully saturated rings. The Morgan fingerprint density at radius 3 is 1.78 bits per heavy atom. The average Bonchev–Trinajstić information content (AvgIpc) is 1.94. The second kappa shape index (κ2) is 5.83. The van der Waals surface area contributed by atoms with Crippen molar-refractivity contribution in [3.63, 3.8) is 0 Å². The van der Waals surface area contributed by atoms with Crippen molar-refractivity contribution in [1.29, 1.82) is 0 Å². The van der Waals surface area contributed by atoms with Crippen molar-refractivity contribution in [2.75, 3.05) is 0 Å². The zero-order valence-corrected chi connectivity index (χ0v) is 8.63. The van der Waals surface area contributed by atoms with Crippen LogP contribution < -0.4 is 0 Å². The fraction of sp³-hybridized carbons (Fsp3) is 0. The molecule has 48 valence electrons. The van der Waals surface area contributed by atoms with Crippen LogP contribution >= 0.6 is 0 Å². The van der Waals surface area contributed by atoms with Crippen molar-refractivity contribution in [1.82, 2.24) is 0 Å². The molecule has 1 aromatic rings.